The maximum Gasteiger partial charge on any atom is 0.149 e. The number of rotatable bonds is 4. The number of aliphatic hydroxyl groups is 1. The number of piperidine rings is 1. The van der Waals surface area contributed by atoms with Gasteiger partial charge in [-0.3, -0.25) is 4.98 Å². The molecule has 25 heavy (non-hydrogen) atoms. The Morgan fingerprint density at radius 2 is 2.20 bits per heavy atom. The van der Waals surface area contributed by atoms with Gasteiger partial charge in [0.25, 0.3) is 0 Å². The van der Waals surface area contributed by atoms with Gasteiger partial charge in [-0.25, -0.2) is 4.99 Å². The number of allylic oxidation sites excluding steroid dienone is 1. The lowest BCUT2D eigenvalue weighted by atomic mass is 9.94. The van der Waals surface area contributed by atoms with Crippen LogP contribution < -0.4 is 0 Å². The van der Waals surface area contributed by atoms with E-state index in [1.165, 1.54) is 0 Å². The standard InChI is InChI=1S/C18H22BrClN4O/c1-12-8-15(13(2)19)22-10-16(12)23-17(20)14(9-21)11-24-6-4-18(3,25)5-7-24/h8,10-11,13,25H,4-7H2,1-3H3/b14-11+,23-17?. The summed E-state index contributed by atoms with van der Waals surface area (Å²) in [5.74, 6) is 0. The molecular formula is C18H22BrClN4O. The zero-order chi connectivity index (χ0) is 18.6. The van der Waals surface area contributed by atoms with Gasteiger partial charge in [-0.1, -0.05) is 27.5 Å². The highest BCUT2D eigenvalue weighted by molar-refractivity contribution is 9.09. The van der Waals surface area contributed by atoms with Crippen LogP contribution >= 0.6 is 27.5 Å². The number of aryl methyl sites for hydroxylation is 1. The van der Waals surface area contributed by atoms with Crippen molar-refractivity contribution in [1.29, 1.82) is 5.26 Å². The molecule has 1 saturated heterocycles. The number of likely N-dealkylation sites (tertiary alicyclic amines) is 1. The average Bonchev–Trinajstić information content (AvgIpc) is 2.55. The molecule has 7 heteroatoms. The number of hydrogen-bond acceptors (Lipinski definition) is 5. The molecule has 2 rings (SSSR count). The Bertz CT molecular complexity index is 727. The molecule has 1 fully saturated rings. The molecule has 1 unspecified atom stereocenters. The molecule has 0 amide bonds. The molecule has 1 aromatic heterocycles. The molecule has 0 radical (unpaired) electrons. The molecule has 0 spiro atoms. The first-order valence-corrected chi connectivity index (χ1v) is 9.45. The van der Waals surface area contributed by atoms with Crippen molar-refractivity contribution in [3.8, 4) is 6.07 Å². The minimum Gasteiger partial charge on any atom is -0.390 e. The highest BCUT2D eigenvalue weighted by atomic mass is 79.9. The molecule has 0 saturated carbocycles. The summed E-state index contributed by atoms with van der Waals surface area (Å²) in [7, 11) is 0. The van der Waals surface area contributed by atoms with E-state index in [0.717, 1.165) is 11.3 Å². The summed E-state index contributed by atoms with van der Waals surface area (Å²) in [5, 5.41) is 19.6. The number of nitriles is 1. The second-order valence-electron chi connectivity index (χ2n) is 6.60. The van der Waals surface area contributed by atoms with E-state index >= 15 is 0 Å². The van der Waals surface area contributed by atoms with Crippen molar-refractivity contribution in [3.05, 3.63) is 35.3 Å². The summed E-state index contributed by atoms with van der Waals surface area (Å²) >= 11 is 9.77. The van der Waals surface area contributed by atoms with Crippen molar-refractivity contribution < 1.29 is 5.11 Å². The van der Waals surface area contributed by atoms with Crippen molar-refractivity contribution in [2.24, 2.45) is 4.99 Å². The van der Waals surface area contributed by atoms with Crippen molar-refractivity contribution in [1.82, 2.24) is 9.88 Å². The number of pyridine rings is 1. The van der Waals surface area contributed by atoms with E-state index in [0.29, 0.717) is 37.2 Å². The van der Waals surface area contributed by atoms with Crippen LogP contribution in [0.15, 0.2) is 29.0 Å². The lowest BCUT2D eigenvalue weighted by Crippen LogP contribution is -2.40. The second kappa shape index (κ2) is 8.31. The monoisotopic (exact) mass is 424 g/mol. The SMILES string of the molecule is Cc1cc(C(C)Br)ncc1N=C(Cl)/C(C#N)=C/N1CCC(C)(O)CC1. The van der Waals surface area contributed by atoms with Gasteiger partial charge in [0, 0.05) is 19.3 Å². The molecule has 2 heterocycles. The lowest BCUT2D eigenvalue weighted by molar-refractivity contribution is 0.00554. The molecule has 0 aliphatic carbocycles. The average molecular weight is 426 g/mol. The van der Waals surface area contributed by atoms with E-state index in [4.69, 9.17) is 11.6 Å². The first-order valence-electron chi connectivity index (χ1n) is 8.15. The number of nitrogens with zero attached hydrogens (tertiary/aromatic N) is 4. The van der Waals surface area contributed by atoms with Crippen LogP contribution in [0.4, 0.5) is 5.69 Å². The summed E-state index contributed by atoms with van der Waals surface area (Å²) in [6.07, 6.45) is 4.70. The van der Waals surface area contributed by atoms with Gasteiger partial charge >= 0.3 is 0 Å². The summed E-state index contributed by atoms with van der Waals surface area (Å²) in [6.45, 7) is 7.14. The van der Waals surface area contributed by atoms with Crippen LogP contribution in [-0.4, -0.2) is 38.9 Å². The van der Waals surface area contributed by atoms with Crippen LogP contribution in [0.1, 0.15) is 42.8 Å². The fourth-order valence-electron chi connectivity index (χ4n) is 2.52. The Labute approximate surface area is 162 Å². The normalized spacial score (nSPS) is 19.5. The van der Waals surface area contributed by atoms with E-state index in [1.807, 2.05) is 31.7 Å². The summed E-state index contributed by atoms with van der Waals surface area (Å²) in [6, 6.07) is 4.05. The molecule has 5 nitrogen and oxygen atoms in total. The van der Waals surface area contributed by atoms with Gasteiger partial charge in [0.1, 0.15) is 16.8 Å². The molecule has 1 atom stereocenters. The maximum atomic E-state index is 10.0. The third kappa shape index (κ3) is 5.53. The highest BCUT2D eigenvalue weighted by Gasteiger charge is 2.26. The van der Waals surface area contributed by atoms with Crippen molar-refractivity contribution in [3.63, 3.8) is 0 Å². The number of hydrogen-bond donors (Lipinski definition) is 1. The van der Waals surface area contributed by atoms with Gasteiger partial charge in [0.05, 0.1) is 28.0 Å². The minimum atomic E-state index is -0.633. The van der Waals surface area contributed by atoms with Crippen molar-refractivity contribution in [2.45, 2.75) is 44.0 Å². The van der Waals surface area contributed by atoms with E-state index in [-0.39, 0.29) is 10.00 Å². The van der Waals surface area contributed by atoms with Crippen LogP contribution in [0.5, 0.6) is 0 Å². The van der Waals surface area contributed by atoms with E-state index in [2.05, 4.69) is 32.0 Å². The van der Waals surface area contributed by atoms with Gasteiger partial charge in [-0.15, -0.1) is 0 Å². The van der Waals surface area contributed by atoms with E-state index < -0.39 is 5.60 Å². The van der Waals surface area contributed by atoms with Gasteiger partial charge in [-0.2, -0.15) is 5.26 Å². The maximum absolute atomic E-state index is 10.0. The lowest BCUT2D eigenvalue weighted by Gasteiger charge is -2.35. The van der Waals surface area contributed by atoms with Gasteiger partial charge in [-0.05, 0) is 45.2 Å². The predicted octanol–water partition coefficient (Wildman–Crippen LogP) is 4.37. The fourth-order valence-corrected chi connectivity index (χ4v) is 2.95. The highest BCUT2D eigenvalue weighted by Crippen LogP contribution is 2.26. The molecule has 1 N–H and O–H groups in total. The van der Waals surface area contributed by atoms with Crippen molar-refractivity contribution >= 4 is 38.4 Å². The number of aliphatic imine (C=N–C) groups is 1. The van der Waals surface area contributed by atoms with Crippen LogP contribution in [0.25, 0.3) is 0 Å². The smallest absolute Gasteiger partial charge is 0.149 e. The molecular weight excluding hydrogens is 404 g/mol. The van der Waals surface area contributed by atoms with Gasteiger partial charge in [0.2, 0.25) is 0 Å². The zero-order valence-corrected chi connectivity index (χ0v) is 17.0. The second-order valence-corrected chi connectivity index (χ2v) is 8.33. The third-order valence-corrected chi connectivity index (χ3v) is 5.02. The number of halogens is 2. The van der Waals surface area contributed by atoms with E-state index in [1.54, 1.807) is 12.4 Å². The van der Waals surface area contributed by atoms with E-state index in [9.17, 15) is 10.4 Å². The summed E-state index contributed by atoms with van der Waals surface area (Å²) in [4.78, 5) is 10.9. The minimum absolute atomic E-state index is 0.143. The first kappa shape index (κ1) is 19.9. The van der Waals surface area contributed by atoms with Gasteiger partial charge in [0.15, 0.2) is 0 Å². The molecule has 1 aliphatic rings. The van der Waals surface area contributed by atoms with Crippen LogP contribution in [0, 0.1) is 18.3 Å². The number of alkyl halides is 1. The Hall–Kier alpha value is -1.42. The molecule has 0 aromatic carbocycles. The predicted molar refractivity (Wildman–Crippen MR) is 104 cm³/mol. The Kier molecular flexibility index (Phi) is 6.61. The van der Waals surface area contributed by atoms with Crippen LogP contribution in [0.2, 0.25) is 0 Å². The zero-order valence-electron chi connectivity index (χ0n) is 14.6. The molecule has 1 aliphatic heterocycles. The fraction of sp³-hybridized carbons (Fsp3) is 0.500. The first-order chi connectivity index (χ1) is 11.7. The Morgan fingerprint density at radius 3 is 2.72 bits per heavy atom. The molecule has 1 aromatic rings. The topological polar surface area (TPSA) is 72.5 Å². The third-order valence-electron chi connectivity index (χ3n) is 4.26. The molecule has 0 bridgehead atoms. The largest absolute Gasteiger partial charge is 0.390 e. The summed E-state index contributed by atoms with van der Waals surface area (Å²) in [5.41, 5.74) is 2.18. The van der Waals surface area contributed by atoms with Crippen LogP contribution in [-0.2, 0) is 0 Å². The Morgan fingerprint density at radius 1 is 1.56 bits per heavy atom. The molecule has 134 valence electrons. The quantitative estimate of drug-likeness (QED) is 0.442. The number of aromatic nitrogens is 1. The summed E-state index contributed by atoms with van der Waals surface area (Å²) < 4.78 is 0. The Balaban J connectivity index is 2.19. The van der Waals surface area contributed by atoms with Gasteiger partial charge < -0.3 is 10.0 Å². The van der Waals surface area contributed by atoms with Crippen molar-refractivity contribution in [2.75, 3.05) is 13.1 Å². The van der Waals surface area contributed by atoms with Crippen LogP contribution in [0.3, 0.4) is 0 Å².